The maximum absolute atomic E-state index is 12.7. The van der Waals surface area contributed by atoms with E-state index in [9.17, 15) is 9.59 Å². The number of aryl methyl sites for hydroxylation is 2. The van der Waals surface area contributed by atoms with Gasteiger partial charge in [-0.25, -0.2) is 5.01 Å². The van der Waals surface area contributed by atoms with E-state index < -0.39 is 5.92 Å². The van der Waals surface area contributed by atoms with Gasteiger partial charge in [0.2, 0.25) is 11.8 Å². The SMILES string of the molecule is Cc1ccc(C)c(N2CCC(C(=O)NN3CCOCC3)C2=O)c1. The molecule has 6 heteroatoms. The zero-order valence-corrected chi connectivity index (χ0v) is 13.7. The molecule has 2 fully saturated rings. The molecule has 0 aliphatic carbocycles. The summed E-state index contributed by atoms with van der Waals surface area (Å²) in [6.45, 7) is 7.11. The van der Waals surface area contributed by atoms with E-state index in [-0.39, 0.29) is 11.8 Å². The number of amides is 2. The van der Waals surface area contributed by atoms with Crippen molar-refractivity contribution in [1.82, 2.24) is 10.4 Å². The van der Waals surface area contributed by atoms with Crippen LogP contribution < -0.4 is 10.3 Å². The first-order chi connectivity index (χ1) is 11.1. The zero-order valence-electron chi connectivity index (χ0n) is 13.7. The van der Waals surface area contributed by atoms with Crippen molar-refractivity contribution in [3.8, 4) is 0 Å². The summed E-state index contributed by atoms with van der Waals surface area (Å²) >= 11 is 0. The van der Waals surface area contributed by atoms with Gasteiger partial charge in [0.1, 0.15) is 5.92 Å². The number of hydrogen-bond donors (Lipinski definition) is 1. The Bertz CT molecular complexity index is 611. The van der Waals surface area contributed by atoms with E-state index >= 15 is 0 Å². The number of hydrogen-bond acceptors (Lipinski definition) is 4. The third-order valence-electron chi connectivity index (χ3n) is 4.46. The monoisotopic (exact) mass is 317 g/mol. The van der Waals surface area contributed by atoms with Crippen LogP contribution in [0, 0.1) is 19.8 Å². The lowest BCUT2D eigenvalue weighted by Gasteiger charge is -2.28. The minimum Gasteiger partial charge on any atom is -0.379 e. The predicted octanol–water partition coefficient (Wildman–Crippen LogP) is 1.02. The molecule has 0 saturated carbocycles. The molecule has 2 aliphatic rings. The van der Waals surface area contributed by atoms with Gasteiger partial charge < -0.3 is 9.64 Å². The molecule has 2 aliphatic heterocycles. The number of anilines is 1. The van der Waals surface area contributed by atoms with Gasteiger partial charge in [0.15, 0.2) is 0 Å². The lowest BCUT2D eigenvalue weighted by Crippen LogP contribution is -2.51. The molecule has 0 aromatic heterocycles. The van der Waals surface area contributed by atoms with Crippen LogP contribution in [0.3, 0.4) is 0 Å². The predicted molar refractivity (Wildman–Crippen MR) is 86.9 cm³/mol. The van der Waals surface area contributed by atoms with Crippen LogP contribution in [-0.4, -0.2) is 49.7 Å². The van der Waals surface area contributed by atoms with Crippen LogP contribution in [0.15, 0.2) is 18.2 Å². The summed E-state index contributed by atoms with van der Waals surface area (Å²) in [4.78, 5) is 26.8. The summed E-state index contributed by atoms with van der Waals surface area (Å²) in [5.41, 5.74) is 5.93. The molecule has 1 atom stereocenters. The Morgan fingerprint density at radius 3 is 2.70 bits per heavy atom. The lowest BCUT2D eigenvalue weighted by molar-refractivity contribution is -0.137. The number of nitrogens with one attached hydrogen (secondary N) is 1. The summed E-state index contributed by atoms with van der Waals surface area (Å²) in [5, 5.41) is 1.83. The molecule has 2 amide bonds. The third kappa shape index (κ3) is 3.38. The smallest absolute Gasteiger partial charge is 0.246 e. The van der Waals surface area contributed by atoms with Gasteiger partial charge >= 0.3 is 0 Å². The Morgan fingerprint density at radius 1 is 1.22 bits per heavy atom. The highest BCUT2D eigenvalue weighted by Gasteiger charge is 2.38. The molecular weight excluding hydrogens is 294 g/mol. The fourth-order valence-electron chi connectivity index (χ4n) is 3.08. The summed E-state index contributed by atoms with van der Waals surface area (Å²) < 4.78 is 5.26. The highest BCUT2D eigenvalue weighted by molar-refractivity contribution is 6.09. The number of nitrogens with zero attached hydrogens (tertiary/aromatic N) is 2. The molecule has 1 N–H and O–H groups in total. The Kier molecular flexibility index (Phi) is 4.63. The van der Waals surface area contributed by atoms with Gasteiger partial charge in [-0.1, -0.05) is 12.1 Å². The van der Waals surface area contributed by atoms with Gasteiger partial charge in [-0.2, -0.15) is 0 Å². The molecule has 2 heterocycles. The van der Waals surface area contributed by atoms with Gasteiger partial charge in [-0.15, -0.1) is 0 Å². The largest absolute Gasteiger partial charge is 0.379 e. The minimum absolute atomic E-state index is 0.107. The van der Waals surface area contributed by atoms with Crippen LogP contribution in [0.5, 0.6) is 0 Å². The standard InChI is InChI=1S/C17H23N3O3/c1-12-3-4-13(2)15(11-12)20-6-5-14(17(20)22)16(21)18-19-7-9-23-10-8-19/h3-4,11,14H,5-10H2,1-2H3,(H,18,21). The Balaban J connectivity index is 1.68. The number of benzene rings is 1. The topological polar surface area (TPSA) is 61.9 Å². The summed E-state index contributed by atoms with van der Waals surface area (Å²) in [6, 6.07) is 6.05. The second-order valence-electron chi connectivity index (χ2n) is 6.20. The average Bonchev–Trinajstić information content (AvgIpc) is 2.92. The Hall–Kier alpha value is -1.92. The zero-order chi connectivity index (χ0) is 16.4. The molecule has 0 spiro atoms. The summed E-state index contributed by atoms with van der Waals surface area (Å²) in [7, 11) is 0. The van der Waals surface area contributed by atoms with E-state index in [1.807, 2.05) is 37.1 Å². The molecular formula is C17H23N3O3. The summed E-state index contributed by atoms with van der Waals surface area (Å²) in [6.07, 6.45) is 0.558. The molecule has 0 bridgehead atoms. The molecule has 2 saturated heterocycles. The highest BCUT2D eigenvalue weighted by Crippen LogP contribution is 2.29. The van der Waals surface area contributed by atoms with Crippen LogP contribution >= 0.6 is 0 Å². The maximum Gasteiger partial charge on any atom is 0.246 e. The number of ether oxygens (including phenoxy) is 1. The van der Waals surface area contributed by atoms with Gasteiger partial charge in [0, 0.05) is 25.3 Å². The molecule has 23 heavy (non-hydrogen) atoms. The molecule has 6 nitrogen and oxygen atoms in total. The quantitative estimate of drug-likeness (QED) is 0.846. The third-order valence-corrected chi connectivity index (χ3v) is 4.46. The van der Waals surface area contributed by atoms with E-state index in [1.165, 1.54) is 0 Å². The Morgan fingerprint density at radius 2 is 1.96 bits per heavy atom. The first kappa shape index (κ1) is 16.0. The van der Waals surface area contributed by atoms with Gasteiger partial charge in [0.25, 0.3) is 0 Å². The van der Waals surface area contributed by atoms with E-state index in [0.29, 0.717) is 39.3 Å². The number of carbonyl (C=O) groups excluding carboxylic acids is 2. The van der Waals surface area contributed by atoms with Gasteiger partial charge in [-0.05, 0) is 37.5 Å². The molecule has 124 valence electrons. The lowest BCUT2D eigenvalue weighted by atomic mass is 10.1. The second-order valence-corrected chi connectivity index (χ2v) is 6.20. The van der Waals surface area contributed by atoms with Crippen molar-refractivity contribution in [2.45, 2.75) is 20.3 Å². The Labute approximate surface area is 136 Å². The van der Waals surface area contributed by atoms with Crippen molar-refractivity contribution in [2.75, 3.05) is 37.7 Å². The van der Waals surface area contributed by atoms with Crippen molar-refractivity contribution in [1.29, 1.82) is 0 Å². The number of carbonyl (C=O) groups is 2. The normalized spacial score (nSPS) is 22.4. The van der Waals surface area contributed by atoms with E-state index in [0.717, 1.165) is 16.8 Å². The molecule has 3 rings (SSSR count). The summed E-state index contributed by atoms with van der Waals surface area (Å²) in [5.74, 6) is -0.910. The molecule has 1 unspecified atom stereocenters. The maximum atomic E-state index is 12.7. The second kappa shape index (κ2) is 6.68. The van der Waals surface area contributed by atoms with E-state index in [1.54, 1.807) is 4.90 Å². The minimum atomic E-state index is -0.599. The van der Waals surface area contributed by atoms with Crippen LogP contribution in [0.4, 0.5) is 5.69 Å². The van der Waals surface area contributed by atoms with Crippen molar-refractivity contribution in [2.24, 2.45) is 5.92 Å². The highest BCUT2D eigenvalue weighted by atomic mass is 16.5. The van der Waals surface area contributed by atoms with Crippen molar-refractivity contribution in [3.05, 3.63) is 29.3 Å². The molecule has 1 aromatic carbocycles. The van der Waals surface area contributed by atoms with Gasteiger partial charge in [0.05, 0.1) is 13.2 Å². The molecule has 1 aromatic rings. The fourth-order valence-corrected chi connectivity index (χ4v) is 3.08. The van der Waals surface area contributed by atoms with Crippen LogP contribution in [0.1, 0.15) is 17.5 Å². The van der Waals surface area contributed by atoms with Crippen LogP contribution in [0.2, 0.25) is 0 Å². The van der Waals surface area contributed by atoms with E-state index in [4.69, 9.17) is 4.74 Å². The van der Waals surface area contributed by atoms with Crippen LogP contribution in [0.25, 0.3) is 0 Å². The van der Waals surface area contributed by atoms with E-state index in [2.05, 4.69) is 5.43 Å². The fraction of sp³-hybridized carbons (Fsp3) is 0.529. The number of morpholine rings is 1. The van der Waals surface area contributed by atoms with Crippen molar-refractivity contribution in [3.63, 3.8) is 0 Å². The van der Waals surface area contributed by atoms with Crippen molar-refractivity contribution >= 4 is 17.5 Å². The number of hydrazine groups is 1. The number of rotatable bonds is 3. The molecule has 0 radical (unpaired) electrons. The van der Waals surface area contributed by atoms with Crippen LogP contribution in [-0.2, 0) is 14.3 Å². The average molecular weight is 317 g/mol. The first-order valence-electron chi connectivity index (χ1n) is 8.08. The van der Waals surface area contributed by atoms with Crippen molar-refractivity contribution < 1.29 is 14.3 Å². The first-order valence-corrected chi connectivity index (χ1v) is 8.08. The van der Waals surface area contributed by atoms with Gasteiger partial charge in [-0.3, -0.25) is 15.0 Å².